The summed E-state index contributed by atoms with van der Waals surface area (Å²) in [5, 5.41) is 6.50. The molecule has 0 bridgehead atoms. The predicted molar refractivity (Wildman–Crippen MR) is 90.0 cm³/mol. The molecule has 2 N–H and O–H groups in total. The van der Waals surface area contributed by atoms with Gasteiger partial charge in [0.05, 0.1) is 12.2 Å². The van der Waals surface area contributed by atoms with Crippen LogP contribution in [0.5, 0.6) is 5.75 Å². The fourth-order valence-corrected chi connectivity index (χ4v) is 2.59. The molecule has 1 aliphatic heterocycles. The standard InChI is InChI=1S/C17H27N3O2/c1-3-20(4-2)10-5-8-18-13-16(21)14-6-7-17-15(12-14)19-9-11-22-17/h6-7,12,18-19H,3-5,8-11,13H2,1-2H3. The first-order valence-electron chi connectivity index (χ1n) is 8.21. The number of hydrogen-bond donors (Lipinski definition) is 2. The summed E-state index contributed by atoms with van der Waals surface area (Å²) in [4.78, 5) is 14.6. The molecule has 0 radical (unpaired) electrons. The second-order valence-electron chi connectivity index (χ2n) is 5.47. The zero-order valence-electron chi connectivity index (χ0n) is 13.7. The van der Waals surface area contributed by atoms with Crippen LogP contribution in [0.3, 0.4) is 0 Å². The van der Waals surface area contributed by atoms with Crippen molar-refractivity contribution in [3.8, 4) is 5.75 Å². The molecule has 5 nitrogen and oxygen atoms in total. The summed E-state index contributed by atoms with van der Waals surface area (Å²) in [6.07, 6.45) is 1.06. The number of rotatable bonds is 9. The third kappa shape index (κ3) is 4.71. The summed E-state index contributed by atoms with van der Waals surface area (Å²) >= 11 is 0. The van der Waals surface area contributed by atoms with Gasteiger partial charge in [-0.2, -0.15) is 0 Å². The number of hydrogen-bond acceptors (Lipinski definition) is 5. The summed E-state index contributed by atoms with van der Waals surface area (Å²) in [5.74, 6) is 0.952. The maximum absolute atomic E-state index is 12.2. The van der Waals surface area contributed by atoms with E-state index in [4.69, 9.17) is 4.74 Å². The lowest BCUT2D eigenvalue weighted by atomic mass is 10.1. The van der Waals surface area contributed by atoms with Crippen molar-refractivity contribution in [3.63, 3.8) is 0 Å². The van der Waals surface area contributed by atoms with Gasteiger partial charge in [0.25, 0.3) is 0 Å². The van der Waals surface area contributed by atoms with Crippen molar-refractivity contribution < 1.29 is 9.53 Å². The van der Waals surface area contributed by atoms with Crippen LogP contribution < -0.4 is 15.4 Å². The van der Waals surface area contributed by atoms with Crippen molar-refractivity contribution in [3.05, 3.63) is 23.8 Å². The minimum absolute atomic E-state index is 0.123. The molecule has 0 saturated carbocycles. The van der Waals surface area contributed by atoms with Crippen LogP contribution in [-0.4, -0.2) is 56.6 Å². The van der Waals surface area contributed by atoms with Gasteiger partial charge in [0.1, 0.15) is 12.4 Å². The van der Waals surface area contributed by atoms with Gasteiger partial charge in [0.15, 0.2) is 5.78 Å². The van der Waals surface area contributed by atoms with Crippen LogP contribution in [0.25, 0.3) is 0 Å². The quantitative estimate of drug-likeness (QED) is 0.540. The Morgan fingerprint density at radius 3 is 2.95 bits per heavy atom. The predicted octanol–water partition coefficient (Wildman–Crippen LogP) is 2.00. The number of carbonyl (C=O) groups excluding carboxylic acids is 1. The van der Waals surface area contributed by atoms with E-state index in [9.17, 15) is 4.79 Å². The van der Waals surface area contributed by atoms with E-state index in [1.54, 1.807) is 0 Å². The Hall–Kier alpha value is -1.59. The maximum atomic E-state index is 12.2. The Morgan fingerprint density at radius 1 is 1.36 bits per heavy atom. The molecule has 122 valence electrons. The number of nitrogens with one attached hydrogen (secondary N) is 2. The van der Waals surface area contributed by atoms with Crippen LogP contribution in [-0.2, 0) is 0 Å². The zero-order chi connectivity index (χ0) is 15.8. The smallest absolute Gasteiger partial charge is 0.176 e. The van der Waals surface area contributed by atoms with Gasteiger partial charge >= 0.3 is 0 Å². The molecule has 1 heterocycles. The number of ketones is 1. The molecule has 1 aromatic rings. The highest BCUT2D eigenvalue weighted by atomic mass is 16.5. The lowest BCUT2D eigenvalue weighted by Crippen LogP contribution is -2.29. The van der Waals surface area contributed by atoms with Crippen molar-refractivity contribution in [2.75, 3.05) is 51.2 Å². The number of benzene rings is 1. The average Bonchev–Trinajstić information content (AvgIpc) is 2.57. The van der Waals surface area contributed by atoms with Crippen LogP contribution in [0, 0.1) is 0 Å². The van der Waals surface area contributed by atoms with Gasteiger partial charge in [-0.15, -0.1) is 0 Å². The molecule has 1 aromatic carbocycles. The summed E-state index contributed by atoms with van der Waals surface area (Å²) in [7, 11) is 0. The summed E-state index contributed by atoms with van der Waals surface area (Å²) in [5.41, 5.74) is 1.65. The Labute approximate surface area is 133 Å². The summed E-state index contributed by atoms with van der Waals surface area (Å²) in [6.45, 7) is 10.3. The third-order valence-electron chi connectivity index (χ3n) is 3.98. The van der Waals surface area contributed by atoms with E-state index < -0.39 is 0 Å². The first kappa shape index (κ1) is 16.8. The Kier molecular flexibility index (Phi) is 6.68. The molecule has 2 rings (SSSR count). The van der Waals surface area contributed by atoms with Gasteiger partial charge in [0.2, 0.25) is 0 Å². The van der Waals surface area contributed by atoms with E-state index in [0.717, 1.165) is 56.1 Å². The van der Waals surface area contributed by atoms with Gasteiger partial charge < -0.3 is 20.3 Å². The van der Waals surface area contributed by atoms with Crippen molar-refractivity contribution in [2.24, 2.45) is 0 Å². The fourth-order valence-electron chi connectivity index (χ4n) is 2.59. The minimum atomic E-state index is 0.123. The van der Waals surface area contributed by atoms with E-state index in [-0.39, 0.29) is 5.78 Å². The molecule has 0 aliphatic carbocycles. The van der Waals surface area contributed by atoms with Crippen LogP contribution in [0.4, 0.5) is 5.69 Å². The molecular weight excluding hydrogens is 278 g/mol. The lowest BCUT2D eigenvalue weighted by Gasteiger charge is -2.19. The molecule has 0 aromatic heterocycles. The fraction of sp³-hybridized carbons (Fsp3) is 0.588. The van der Waals surface area contributed by atoms with Crippen molar-refractivity contribution in [1.82, 2.24) is 10.2 Å². The van der Waals surface area contributed by atoms with Crippen LogP contribution in [0.2, 0.25) is 0 Å². The van der Waals surface area contributed by atoms with Crippen molar-refractivity contribution in [1.29, 1.82) is 0 Å². The van der Waals surface area contributed by atoms with E-state index in [1.807, 2.05) is 18.2 Å². The highest BCUT2D eigenvalue weighted by molar-refractivity contribution is 5.98. The Bertz CT molecular complexity index is 487. The normalized spacial score (nSPS) is 13.4. The zero-order valence-corrected chi connectivity index (χ0v) is 13.7. The van der Waals surface area contributed by atoms with Crippen molar-refractivity contribution >= 4 is 11.5 Å². The van der Waals surface area contributed by atoms with Crippen LogP contribution >= 0.6 is 0 Å². The second kappa shape index (κ2) is 8.76. The maximum Gasteiger partial charge on any atom is 0.176 e. The number of ether oxygens (including phenoxy) is 1. The van der Waals surface area contributed by atoms with E-state index in [0.29, 0.717) is 13.2 Å². The van der Waals surface area contributed by atoms with Gasteiger partial charge in [-0.25, -0.2) is 0 Å². The van der Waals surface area contributed by atoms with Crippen molar-refractivity contribution in [2.45, 2.75) is 20.3 Å². The van der Waals surface area contributed by atoms with Gasteiger partial charge in [0, 0.05) is 12.1 Å². The van der Waals surface area contributed by atoms with Gasteiger partial charge in [-0.3, -0.25) is 4.79 Å². The summed E-state index contributed by atoms with van der Waals surface area (Å²) < 4.78 is 5.52. The third-order valence-corrected chi connectivity index (χ3v) is 3.98. The molecule has 22 heavy (non-hydrogen) atoms. The second-order valence-corrected chi connectivity index (χ2v) is 5.47. The Morgan fingerprint density at radius 2 is 2.18 bits per heavy atom. The van der Waals surface area contributed by atoms with Crippen LogP contribution in [0.15, 0.2) is 18.2 Å². The number of nitrogens with zero attached hydrogens (tertiary/aromatic N) is 1. The SMILES string of the molecule is CCN(CC)CCCNCC(=O)c1ccc2c(c1)NCCO2. The van der Waals surface area contributed by atoms with Crippen LogP contribution in [0.1, 0.15) is 30.6 Å². The van der Waals surface area contributed by atoms with E-state index in [1.165, 1.54) is 0 Å². The molecule has 5 heteroatoms. The minimum Gasteiger partial charge on any atom is -0.490 e. The van der Waals surface area contributed by atoms with Gasteiger partial charge in [-0.05, 0) is 50.8 Å². The monoisotopic (exact) mass is 305 g/mol. The summed E-state index contributed by atoms with van der Waals surface area (Å²) in [6, 6.07) is 5.59. The average molecular weight is 305 g/mol. The Balaban J connectivity index is 1.73. The first-order chi connectivity index (χ1) is 10.7. The van der Waals surface area contributed by atoms with E-state index >= 15 is 0 Å². The topological polar surface area (TPSA) is 53.6 Å². The molecule has 0 saturated heterocycles. The molecular formula is C17H27N3O2. The molecule has 0 atom stereocenters. The number of Topliss-reactive ketones (excluding diaryl/α,β-unsaturated/α-hetero) is 1. The number of anilines is 1. The first-order valence-corrected chi connectivity index (χ1v) is 8.21. The molecule has 1 aliphatic rings. The number of fused-ring (bicyclic) bond motifs is 1. The highest BCUT2D eigenvalue weighted by Gasteiger charge is 2.13. The largest absolute Gasteiger partial charge is 0.490 e. The van der Waals surface area contributed by atoms with Gasteiger partial charge in [-0.1, -0.05) is 13.8 Å². The molecule has 0 fully saturated rings. The highest BCUT2D eigenvalue weighted by Crippen LogP contribution is 2.28. The molecule has 0 spiro atoms. The molecule has 0 unspecified atom stereocenters. The lowest BCUT2D eigenvalue weighted by molar-refractivity contribution is 0.0991. The number of carbonyl (C=O) groups is 1. The van der Waals surface area contributed by atoms with E-state index in [2.05, 4.69) is 29.4 Å². The molecule has 0 amide bonds.